The lowest BCUT2D eigenvalue weighted by Gasteiger charge is -2.49. The highest BCUT2D eigenvalue weighted by molar-refractivity contribution is 6.07. The number of benzene rings is 2. The Kier molecular flexibility index (Phi) is 7.08. The number of carbonyl (C=O) groups excluding carboxylic acids is 2. The highest BCUT2D eigenvalue weighted by atomic mass is 19.4. The van der Waals surface area contributed by atoms with Crippen molar-refractivity contribution >= 4 is 23.9 Å². The third-order valence-corrected chi connectivity index (χ3v) is 7.39. The summed E-state index contributed by atoms with van der Waals surface area (Å²) in [6.45, 7) is 0. The van der Waals surface area contributed by atoms with Crippen LogP contribution in [-0.2, 0) is 9.59 Å². The van der Waals surface area contributed by atoms with E-state index in [2.05, 4.69) is 10.1 Å². The number of nitrogens with zero attached hydrogens (tertiary/aromatic N) is 1. The number of carbonyl (C=O) groups is 3. The van der Waals surface area contributed by atoms with Crippen LogP contribution in [0.15, 0.2) is 48.5 Å². The van der Waals surface area contributed by atoms with E-state index in [0.717, 1.165) is 18.6 Å². The van der Waals surface area contributed by atoms with Crippen molar-refractivity contribution in [1.82, 2.24) is 5.32 Å². The van der Waals surface area contributed by atoms with Gasteiger partial charge in [0.2, 0.25) is 0 Å². The first kappa shape index (κ1) is 25.7. The third-order valence-electron chi connectivity index (χ3n) is 7.39. The lowest BCUT2D eigenvalue weighted by molar-refractivity contribution is -0.274. The number of rotatable bonds is 8. The van der Waals surface area contributed by atoms with Crippen molar-refractivity contribution in [2.45, 2.75) is 56.0 Å². The Hall–Kier alpha value is -3.40. The van der Waals surface area contributed by atoms with Crippen molar-refractivity contribution < 1.29 is 37.4 Å². The summed E-state index contributed by atoms with van der Waals surface area (Å²) in [4.78, 5) is 39.2. The van der Waals surface area contributed by atoms with Gasteiger partial charge in [-0.05, 0) is 68.1 Å². The molecule has 4 unspecified atom stereocenters. The number of aliphatic carboxylic acids is 1. The first-order valence-electron chi connectivity index (χ1n) is 11.8. The van der Waals surface area contributed by atoms with Gasteiger partial charge in [0.1, 0.15) is 17.6 Å². The molecular formula is C26H27F3N2O5. The van der Waals surface area contributed by atoms with E-state index in [4.69, 9.17) is 0 Å². The highest BCUT2D eigenvalue weighted by Crippen LogP contribution is 2.54. The molecule has 1 aliphatic carbocycles. The molecule has 10 heteroatoms. The summed E-state index contributed by atoms with van der Waals surface area (Å²) in [5.74, 6) is -2.54. The number of halogens is 3. The fourth-order valence-corrected chi connectivity index (χ4v) is 5.96. The molecule has 1 saturated carbocycles. The molecule has 2 aliphatic rings. The molecule has 0 aromatic heterocycles. The summed E-state index contributed by atoms with van der Waals surface area (Å²) >= 11 is 0. The van der Waals surface area contributed by atoms with E-state index in [0.29, 0.717) is 30.4 Å². The van der Waals surface area contributed by atoms with Gasteiger partial charge in [0.25, 0.3) is 5.91 Å². The maximum Gasteiger partial charge on any atom is 0.573 e. The maximum absolute atomic E-state index is 13.7. The predicted octanol–water partition coefficient (Wildman–Crippen LogP) is 4.52. The minimum absolute atomic E-state index is 0.0676. The summed E-state index contributed by atoms with van der Waals surface area (Å²) in [5.41, 5.74) is 0.0464. The first-order chi connectivity index (χ1) is 17.1. The first-order valence-corrected chi connectivity index (χ1v) is 11.8. The van der Waals surface area contributed by atoms with E-state index >= 15 is 0 Å². The number of ether oxygens (including phenoxy) is 1. The smallest absolute Gasteiger partial charge is 0.480 e. The molecule has 2 N–H and O–H groups in total. The van der Waals surface area contributed by atoms with Gasteiger partial charge in [-0.25, -0.2) is 0 Å². The van der Waals surface area contributed by atoms with Gasteiger partial charge in [0, 0.05) is 29.6 Å². The van der Waals surface area contributed by atoms with E-state index in [9.17, 15) is 32.7 Å². The van der Waals surface area contributed by atoms with Crippen molar-refractivity contribution in [2.75, 3.05) is 11.9 Å². The molecule has 1 heterocycles. The second kappa shape index (κ2) is 9.93. The van der Waals surface area contributed by atoms with E-state index in [1.165, 1.54) is 12.1 Å². The summed E-state index contributed by atoms with van der Waals surface area (Å²) in [6, 6.07) is 11.6. The predicted molar refractivity (Wildman–Crippen MR) is 125 cm³/mol. The average molecular weight is 505 g/mol. The fourth-order valence-electron chi connectivity index (χ4n) is 5.96. The molecule has 36 heavy (non-hydrogen) atoms. The molecule has 1 fully saturated rings. The van der Waals surface area contributed by atoms with E-state index in [1.807, 2.05) is 6.07 Å². The minimum Gasteiger partial charge on any atom is -0.480 e. The Labute approximate surface area is 206 Å². The molecule has 1 amide bonds. The van der Waals surface area contributed by atoms with Crippen LogP contribution in [0.4, 0.5) is 18.9 Å². The van der Waals surface area contributed by atoms with Gasteiger partial charge < -0.3 is 24.9 Å². The van der Waals surface area contributed by atoms with Crippen molar-refractivity contribution in [3.05, 3.63) is 59.7 Å². The van der Waals surface area contributed by atoms with Crippen LogP contribution in [0.2, 0.25) is 0 Å². The normalized spacial score (nSPS) is 22.8. The van der Waals surface area contributed by atoms with Crippen molar-refractivity contribution in [3.63, 3.8) is 0 Å². The van der Waals surface area contributed by atoms with Crippen LogP contribution in [0.1, 0.15) is 53.9 Å². The number of carboxylic acids is 1. The number of anilines is 1. The van der Waals surface area contributed by atoms with Crippen molar-refractivity contribution in [2.24, 2.45) is 5.92 Å². The van der Waals surface area contributed by atoms with Crippen LogP contribution in [0.5, 0.6) is 5.75 Å². The molecule has 192 valence electrons. The summed E-state index contributed by atoms with van der Waals surface area (Å²) in [7, 11) is 1.58. The number of hydrogen-bond donors (Lipinski definition) is 2. The molecule has 0 saturated heterocycles. The van der Waals surface area contributed by atoms with Crippen LogP contribution in [0.3, 0.4) is 0 Å². The number of alkyl halides is 3. The van der Waals surface area contributed by atoms with Crippen LogP contribution >= 0.6 is 0 Å². The molecule has 7 nitrogen and oxygen atoms in total. The number of hydrogen-bond acceptors (Lipinski definition) is 5. The number of fused-ring (bicyclic) bond motifs is 2. The van der Waals surface area contributed by atoms with E-state index < -0.39 is 29.5 Å². The topological polar surface area (TPSA) is 95.9 Å². The number of nitrogens with one attached hydrogen (secondary N) is 1. The van der Waals surface area contributed by atoms with Gasteiger partial charge in [0.15, 0.2) is 0 Å². The third kappa shape index (κ3) is 4.57. The van der Waals surface area contributed by atoms with E-state index in [-0.39, 0.29) is 36.3 Å². The number of aldehydes is 1. The maximum atomic E-state index is 13.7. The summed E-state index contributed by atoms with van der Waals surface area (Å²) in [5, 5.41) is 13.4. The quantitative estimate of drug-likeness (QED) is 0.514. The van der Waals surface area contributed by atoms with Crippen molar-refractivity contribution in [3.8, 4) is 5.75 Å². The lowest BCUT2D eigenvalue weighted by atomic mass is 9.65. The lowest BCUT2D eigenvalue weighted by Crippen LogP contribution is -2.61. The van der Waals surface area contributed by atoms with Gasteiger partial charge >= 0.3 is 12.3 Å². The molecule has 0 radical (unpaired) electrons. The Morgan fingerprint density at radius 3 is 2.44 bits per heavy atom. The highest BCUT2D eigenvalue weighted by Gasteiger charge is 2.56. The largest absolute Gasteiger partial charge is 0.573 e. The Morgan fingerprint density at radius 2 is 1.83 bits per heavy atom. The van der Waals surface area contributed by atoms with Crippen molar-refractivity contribution in [1.29, 1.82) is 0 Å². The van der Waals surface area contributed by atoms with E-state index in [1.54, 1.807) is 30.1 Å². The van der Waals surface area contributed by atoms with Gasteiger partial charge in [-0.3, -0.25) is 9.59 Å². The Morgan fingerprint density at radius 1 is 1.14 bits per heavy atom. The number of para-hydroxylation sites is 1. The monoisotopic (exact) mass is 504 g/mol. The fraction of sp³-hybridized carbons (Fsp3) is 0.423. The van der Waals surface area contributed by atoms with Gasteiger partial charge in [0.05, 0.1) is 0 Å². The molecule has 4 atom stereocenters. The second-order valence-corrected chi connectivity index (χ2v) is 9.18. The molecule has 0 bridgehead atoms. The van der Waals surface area contributed by atoms with Gasteiger partial charge in [-0.15, -0.1) is 13.2 Å². The van der Waals surface area contributed by atoms with Gasteiger partial charge in [-0.1, -0.05) is 24.6 Å². The van der Waals surface area contributed by atoms with Crippen LogP contribution < -0.4 is 15.0 Å². The van der Waals surface area contributed by atoms with Crippen LogP contribution in [0.25, 0.3) is 0 Å². The average Bonchev–Trinajstić information content (AvgIpc) is 3.32. The number of carboxylic acid groups (broad SMARTS) is 1. The molecule has 1 aliphatic heterocycles. The Balaban J connectivity index is 1.78. The summed E-state index contributed by atoms with van der Waals surface area (Å²) in [6.07, 6.45) is -1.82. The molecule has 4 rings (SSSR count). The summed E-state index contributed by atoms with van der Waals surface area (Å²) < 4.78 is 41.5. The zero-order valence-electron chi connectivity index (χ0n) is 19.6. The van der Waals surface area contributed by atoms with Crippen LogP contribution in [0, 0.1) is 5.92 Å². The number of likely N-dealkylation sites (N-methyl/N-ethyl adjacent to an activating group) is 1. The second-order valence-electron chi connectivity index (χ2n) is 9.18. The molecule has 2 aromatic rings. The SMILES string of the molecule is CNC(CCC=O)(C(=O)O)C1c2ccccc2N(C(=O)c2ccc(OC(F)(F)F)cc2)C2CCCC21. The molecule has 2 aromatic carbocycles. The van der Waals surface area contributed by atoms with Gasteiger partial charge in [-0.2, -0.15) is 0 Å². The standard InChI is InChI=1S/C26H27F3N2O5/c1-30-25(24(34)35,14-5-15-32)22-18-6-2-3-8-20(18)31(21-9-4-7-19(21)22)23(33)16-10-12-17(13-11-16)36-26(27,28)29/h2-3,6,8,10-13,15,19,21-22,30H,4-5,7,9,14H2,1H3,(H,34,35). The Bertz CT molecular complexity index is 1140. The zero-order valence-corrected chi connectivity index (χ0v) is 19.6. The van der Waals surface area contributed by atoms with Crippen LogP contribution in [-0.4, -0.2) is 48.3 Å². The molecular weight excluding hydrogens is 477 g/mol. The minimum atomic E-state index is -4.84. The zero-order chi connectivity index (χ0) is 26.1. The molecule has 0 spiro atoms. The number of amides is 1.